The SMILES string of the molecule is CC(=O)[C@@H]1CCCN1C(=O)CNC(=O)[C@H](C)NC(=O)[C@@H]1CCCN1C(=O)c1cccn1C. The van der Waals surface area contributed by atoms with E-state index in [0.29, 0.717) is 38.0 Å². The molecule has 3 atom stereocenters. The number of likely N-dealkylation sites (tertiary alicyclic amines) is 2. The van der Waals surface area contributed by atoms with Crippen LogP contribution in [0, 0.1) is 0 Å². The molecule has 4 amide bonds. The lowest BCUT2D eigenvalue weighted by molar-refractivity contribution is -0.137. The smallest absolute Gasteiger partial charge is 0.271 e. The van der Waals surface area contributed by atoms with Gasteiger partial charge in [0.1, 0.15) is 17.8 Å². The first-order valence-corrected chi connectivity index (χ1v) is 11.0. The third kappa shape index (κ3) is 5.00. The number of amides is 4. The van der Waals surface area contributed by atoms with Crippen LogP contribution in [0.1, 0.15) is 50.0 Å². The van der Waals surface area contributed by atoms with Gasteiger partial charge in [0, 0.05) is 26.3 Å². The highest BCUT2D eigenvalue weighted by molar-refractivity contribution is 5.98. The van der Waals surface area contributed by atoms with Crippen molar-refractivity contribution >= 4 is 29.4 Å². The van der Waals surface area contributed by atoms with Gasteiger partial charge in [-0.15, -0.1) is 0 Å². The van der Waals surface area contributed by atoms with Crippen molar-refractivity contribution in [3.63, 3.8) is 0 Å². The van der Waals surface area contributed by atoms with Gasteiger partial charge in [-0.25, -0.2) is 0 Å². The first-order chi connectivity index (χ1) is 15.2. The topological polar surface area (TPSA) is 121 Å². The predicted octanol–water partition coefficient (Wildman–Crippen LogP) is -0.169. The van der Waals surface area contributed by atoms with Crippen molar-refractivity contribution in [1.82, 2.24) is 25.0 Å². The Morgan fingerprint density at radius 3 is 2.34 bits per heavy atom. The lowest BCUT2D eigenvalue weighted by atomic mass is 10.1. The Morgan fingerprint density at radius 1 is 1.06 bits per heavy atom. The average molecular weight is 446 g/mol. The lowest BCUT2D eigenvalue weighted by Gasteiger charge is -2.26. The number of rotatable bonds is 7. The van der Waals surface area contributed by atoms with Crippen LogP contribution in [0.15, 0.2) is 18.3 Å². The molecule has 2 aliphatic heterocycles. The summed E-state index contributed by atoms with van der Waals surface area (Å²) in [5, 5.41) is 5.19. The average Bonchev–Trinajstić information content (AvgIpc) is 3.50. The van der Waals surface area contributed by atoms with E-state index < -0.39 is 29.9 Å². The van der Waals surface area contributed by atoms with Crippen LogP contribution < -0.4 is 10.6 Å². The third-order valence-corrected chi connectivity index (χ3v) is 6.19. The van der Waals surface area contributed by atoms with Crippen LogP contribution >= 0.6 is 0 Å². The molecule has 1 aromatic rings. The van der Waals surface area contributed by atoms with Crippen molar-refractivity contribution in [1.29, 1.82) is 0 Å². The Labute approximate surface area is 187 Å². The van der Waals surface area contributed by atoms with E-state index in [0.717, 1.165) is 6.42 Å². The fourth-order valence-corrected chi connectivity index (χ4v) is 4.39. The summed E-state index contributed by atoms with van der Waals surface area (Å²) in [5.74, 6) is -1.49. The molecular weight excluding hydrogens is 414 g/mol. The Hall–Kier alpha value is -3.17. The zero-order chi connectivity index (χ0) is 23.4. The number of aromatic nitrogens is 1. The van der Waals surface area contributed by atoms with Gasteiger partial charge in [0.25, 0.3) is 5.91 Å². The summed E-state index contributed by atoms with van der Waals surface area (Å²) in [4.78, 5) is 65.1. The zero-order valence-electron chi connectivity index (χ0n) is 18.8. The van der Waals surface area contributed by atoms with E-state index in [1.165, 1.54) is 23.6 Å². The second-order valence-corrected chi connectivity index (χ2v) is 8.46. The van der Waals surface area contributed by atoms with Crippen LogP contribution in [0.5, 0.6) is 0 Å². The molecule has 0 spiro atoms. The van der Waals surface area contributed by atoms with E-state index in [2.05, 4.69) is 10.6 Å². The largest absolute Gasteiger partial charge is 0.347 e. The molecule has 0 aromatic carbocycles. The molecule has 0 saturated carbocycles. The van der Waals surface area contributed by atoms with E-state index in [4.69, 9.17) is 0 Å². The molecule has 1 aromatic heterocycles. The molecule has 3 rings (SSSR count). The van der Waals surface area contributed by atoms with Crippen molar-refractivity contribution in [3.8, 4) is 0 Å². The highest BCUT2D eigenvalue weighted by Crippen LogP contribution is 2.21. The van der Waals surface area contributed by atoms with Gasteiger partial charge < -0.3 is 25.0 Å². The molecular formula is C22H31N5O5. The number of carbonyl (C=O) groups excluding carboxylic acids is 5. The molecule has 10 heteroatoms. The minimum absolute atomic E-state index is 0.0613. The Morgan fingerprint density at radius 2 is 1.72 bits per heavy atom. The van der Waals surface area contributed by atoms with E-state index in [-0.39, 0.29) is 24.1 Å². The molecule has 2 saturated heterocycles. The molecule has 0 bridgehead atoms. The van der Waals surface area contributed by atoms with Gasteiger partial charge in [-0.1, -0.05) is 0 Å². The molecule has 2 fully saturated rings. The van der Waals surface area contributed by atoms with Crippen LogP contribution in [-0.2, 0) is 26.2 Å². The maximum Gasteiger partial charge on any atom is 0.271 e. The van der Waals surface area contributed by atoms with E-state index in [1.54, 1.807) is 29.9 Å². The van der Waals surface area contributed by atoms with Gasteiger partial charge in [-0.2, -0.15) is 0 Å². The fraction of sp³-hybridized carbons (Fsp3) is 0.591. The summed E-state index contributed by atoms with van der Waals surface area (Å²) in [6.07, 6.45) is 4.40. The monoisotopic (exact) mass is 445 g/mol. The predicted molar refractivity (Wildman–Crippen MR) is 116 cm³/mol. The van der Waals surface area contributed by atoms with Crippen molar-refractivity contribution in [2.45, 2.75) is 57.7 Å². The molecule has 174 valence electrons. The number of ketones is 1. The third-order valence-electron chi connectivity index (χ3n) is 6.19. The van der Waals surface area contributed by atoms with Crippen molar-refractivity contribution in [3.05, 3.63) is 24.0 Å². The number of aryl methyl sites for hydroxylation is 1. The Kier molecular flexibility index (Phi) is 7.32. The molecule has 0 unspecified atom stereocenters. The summed E-state index contributed by atoms with van der Waals surface area (Å²) >= 11 is 0. The number of hydrogen-bond acceptors (Lipinski definition) is 5. The summed E-state index contributed by atoms with van der Waals surface area (Å²) in [6, 6.07) is 1.54. The van der Waals surface area contributed by atoms with Crippen LogP contribution in [0.3, 0.4) is 0 Å². The lowest BCUT2D eigenvalue weighted by Crippen LogP contribution is -2.53. The number of Topliss-reactive ketones (excluding diaryl/α,β-unsaturated/α-hetero) is 1. The summed E-state index contributed by atoms with van der Waals surface area (Å²) in [5.41, 5.74) is 0.500. The number of carbonyl (C=O) groups is 5. The summed E-state index contributed by atoms with van der Waals surface area (Å²) < 4.78 is 1.71. The van der Waals surface area contributed by atoms with Crippen molar-refractivity contribution < 1.29 is 24.0 Å². The minimum Gasteiger partial charge on any atom is -0.347 e. The molecule has 0 aliphatic carbocycles. The van der Waals surface area contributed by atoms with Crippen molar-refractivity contribution in [2.75, 3.05) is 19.6 Å². The molecule has 3 heterocycles. The fourth-order valence-electron chi connectivity index (χ4n) is 4.39. The van der Waals surface area contributed by atoms with Crippen LogP contribution in [0.2, 0.25) is 0 Å². The molecule has 2 N–H and O–H groups in total. The number of nitrogens with one attached hydrogen (secondary N) is 2. The van der Waals surface area contributed by atoms with Gasteiger partial charge in [-0.3, -0.25) is 24.0 Å². The van der Waals surface area contributed by atoms with Gasteiger partial charge in [0.05, 0.1) is 12.6 Å². The molecule has 10 nitrogen and oxygen atoms in total. The van der Waals surface area contributed by atoms with Gasteiger partial charge in [0.15, 0.2) is 5.78 Å². The second kappa shape index (κ2) is 9.97. The number of hydrogen-bond donors (Lipinski definition) is 2. The Balaban J connectivity index is 1.51. The normalized spacial score (nSPS) is 21.3. The highest BCUT2D eigenvalue weighted by Gasteiger charge is 2.36. The summed E-state index contributed by atoms with van der Waals surface area (Å²) in [7, 11) is 1.77. The molecule has 0 radical (unpaired) electrons. The zero-order valence-corrected chi connectivity index (χ0v) is 18.8. The first-order valence-electron chi connectivity index (χ1n) is 11.0. The van der Waals surface area contributed by atoms with Crippen LogP contribution in [0.25, 0.3) is 0 Å². The molecule has 2 aliphatic rings. The van der Waals surface area contributed by atoms with Crippen molar-refractivity contribution in [2.24, 2.45) is 7.05 Å². The van der Waals surface area contributed by atoms with Crippen LogP contribution in [-0.4, -0.2) is 81.5 Å². The highest BCUT2D eigenvalue weighted by atomic mass is 16.2. The van der Waals surface area contributed by atoms with E-state index >= 15 is 0 Å². The maximum atomic E-state index is 12.8. The Bertz CT molecular complexity index is 910. The van der Waals surface area contributed by atoms with Gasteiger partial charge in [0.2, 0.25) is 17.7 Å². The quantitative estimate of drug-likeness (QED) is 0.604. The standard InChI is InChI=1S/C22H31N5O5/c1-14(20(30)23-13-19(29)26-11-5-7-16(26)15(2)28)24-21(31)17-8-6-12-27(17)22(32)18-9-4-10-25(18)3/h4,9-10,14,16-17H,5-8,11-13H2,1-3H3,(H,23,30)(H,24,31)/t14-,16-,17-/m0/s1. The minimum atomic E-state index is -0.870. The first kappa shape index (κ1) is 23.5. The van der Waals surface area contributed by atoms with Gasteiger partial charge in [-0.05, 0) is 51.7 Å². The van der Waals surface area contributed by atoms with E-state index in [1.807, 2.05) is 0 Å². The van der Waals surface area contributed by atoms with E-state index in [9.17, 15) is 24.0 Å². The van der Waals surface area contributed by atoms with Crippen LogP contribution in [0.4, 0.5) is 0 Å². The molecule has 32 heavy (non-hydrogen) atoms. The van der Waals surface area contributed by atoms with Gasteiger partial charge >= 0.3 is 0 Å². The second-order valence-electron chi connectivity index (χ2n) is 8.46. The summed E-state index contributed by atoms with van der Waals surface area (Å²) in [6.45, 7) is 3.73. The maximum absolute atomic E-state index is 12.8. The number of nitrogens with zero attached hydrogens (tertiary/aromatic N) is 3.